The molecule has 1 aromatic carbocycles. The molecule has 2 nitrogen and oxygen atoms in total. The van der Waals surface area contributed by atoms with E-state index in [0.717, 1.165) is 17.9 Å². The highest BCUT2D eigenvalue weighted by Gasteiger charge is 2.46. The lowest BCUT2D eigenvalue weighted by Gasteiger charge is -2.49. The summed E-state index contributed by atoms with van der Waals surface area (Å²) in [7, 11) is 0. The second-order valence-electron chi connectivity index (χ2n) is 5.78. The summed E-state index contributed by atoms with van der Waals surface area (Å²) in [5.41, 5.74) is 7.50. The van der Waals surface area contributed by atoms with Crippen molar-refractivity contribution in [1.82, 2.24) is 0 Å². The van der Waals surface area contributed by atoms with Gasteiger partial charge in [-0.05, 0) is 36.5 Å². The van der Waals surface area contributed by atoms with Crippen molar-refractivity contribution in [1.29, 1.82) is 0 Å². The van der Waals surface area contributed by atoms with Gasteiger partial charge < -0.3 is 10.8 Å². The van der Waals surface area contributed by atoms with E-state index in [0.29, 0.717) is 0 Å². The molecule has 0 amide bonds. The van der Waals surface area contributed by atoms with E-state index in [9.17, 15) is 5.11 Å². The zero-order valence-corrected chi connectivity index (χ0v) is 11.8. The Bertz CT molecular complexity index is 397. The molecular weight excluding hydrogens is 246 g/mol. The molecule has 0 bridgehead atoms. The van der Waals surface area contributed by atoms with Crippen molar-refractivity contribution in [3.63, 3.8) is 0 Å². The van der Waals surface area contributed by atoms with Crippen LogP contribution in [0.25, 0.3) is 0 Å². The van der Waals surface area contributed by atoms with Crippen molar-refractivity contribution in [2.45, 2.75) is 50.7 Å². The van der Waals surface area contributed by atoms with Crippen molar-refractivity contribution >= 4 is 11.6 Å². The number of aliphatic hydroxyl groups excluding tert-OH is 1. The van der Waals surface area contributed by atoms with Gasteiger partial charge in [0.2, 0.25) is 0 Å². The molecule has 18 heavy (non-hydrogen) atoms. The van der Waals surface area contributed by atoms with E-state index in [-0.39, 0.29) is 17.4 Å². The van der Waals surface area contributed by atoms with E-state index in [1.165, 1.54) is 12.0 Å². The lowest BCUT2D eigenvalue weighted by molar-refractivity contribution is 0.0362. The summed E-state index contributed by atoms with van der Waals surface area (Å²) in [6.45, 7) is 4.03. The first-order valence-corrected chi connectivity index (χ1v) is 7.05. The molecule has 2 rings (SSSR count). The third-order valence-electron chi connectivity index (χ3n) is 4.35. The Balaban J connectivity index is 2.28. The Morgan fingerprint density at radius 3 is 2.17 bits per heavy atom. The predicted molar refractivity (Wildman–Crippen MR) is 75.8 cm³/mol. The van der Waals surface area contributed by atoms with E-state index >= 15 is 0 Å². The van der Waals surface area contributed by atoms with Gasteiger partial charge in [0.15, 0.2) is 0 Å². The van der Waals surface area contributed by atoms with Crippen molar-refractivity contribution in [3.05, 3.63) is 34.9 Å². The van der Waals surface area contributed by atoms with Gasteiger partial charge in [-0.3, -0.25) is 0 Å². The highest BCUT2D eigenvalue weighted by molar-refractivity contribution is 6.30. The fourth-order valence-electron chi connectivity index (χ4n) is 2.90. The molecule has 0 heterocycles. The lowest BCUT2D eigenvalue weighted by atomic mass is 9.58. The first kappa shape index (κ1) is 13.9. The first-order chi connectivity index (χ1) is 8.47. The molecule has 100 valence electrons. The number of hydrogen-bond donors (Lipinski definition) is 2. The normalized spacial score (nSPS) is 21.4. The number of rotatable bonds is 4. The van der Waals surface area contributed by atoms with E-state index < -0.39 is 6.10 Å². The summed E-state index contributed by atoms with van der Waals surface area (Å²) in [5, 5.41) is 11.0. The maximum atomic E-state index is 10.3. The first-order valence-electron chi connectivity index (χ1n) is 6.67. The Hall–Kier alpha value is -0.570. The monoisotopic (exact) mass is 267 g/mol. The fraction of sp³-hybridized carbons (Fsp3) is 0.600. The second-order valence-corrected chi connectivity index (χ2v) is 6.21. The lowest BCUT2D eigenvalue weighted by Crippen LogP contribution is -2.57. The summed E-state index contributed by atoms with van der Waals surface area (Å²) >= 11 is 5.93. The van der Waals surface area contributed by atoms with Gasteiger partial charge in [0.1, 0.15) is 0 Å². The number of nitrogens with two attached hydrogens (primary N) is 1. The van der Waals surface area contributed by atoms with Crippen molar-refractivity contribution < 1.29 is 5.11 Å². The van der Waals surface area contributed by atoms with Crippen LogP contribution in [0.5, 0.6) is 0 Å². The van der Waals surface area contributed by atoms with Crippen LogP contribution in [-0.2, 0) is 5.41 Å². The van der Waals surface area contributed by atoms with Gasteiger partial charge in [-0.15, -0.1) is 0 Å². The Morgan fingerprint density at radius 2 is 1.78 bits per heavy atom. The molecule has 1 saturated carbocycles. The molecule has 3 heteroatoms. The number of hydrogen-bond acceptors (Lipinski definition) is 2. The highest BCUT2D eigenvalue weighted by Crippen LogP contribution is 2.47. The summed E-state index contributed by atoms with van der Waals surface area (Å²) in [5.74, 6) is 0.185. The average molecular weight is 268 g/mol. The molecule has 0 unspecified atom stereocenters. The van der Waals surface area contributed by atoms with Gasteiger partial charge in [0, 0.05) is 16.5 Å². The van der Waals surface area contributed by atoms with Gasteiger partial charge in [0.05, 0.1) is 6.10 Å². The molecule has 1 aliphatic rings. The van der Waals surface area contributed by atoms with Crippen LogP contribution < -0.4 is 5.73 Å². The van der Waals surface area contributed by atoms with E-state index in [2.05, 4.69) is 12.1 Å². The summed E-state index contributed by atoms with van der Waals surface area (Å²) in [6.07, 6.45) is 2.83. The quantitative estimate of drug-likeness (QED) is 0.881. The number of halogens is 1. The van der Waals surface area contributed by atoms with E-state index in [1.54, 1.807) is 0 Å². The van der Waals surface area contributed by atoms with Gasteiger partial charge in [-0.2, -0.15) is 0 Å². The Kier molecular flexibility index (Phi) is 4.00. The number of benzene rings is 1. The Labute approximate surface area is 114 Å². The van der Waals surface area contributed by atoms with Crippen molar-refractivity contribution in [2.75, 3.05) is 0 Å². The molecule has 1 fully saturated rings. The molecule has 0 radical (unpaired) electrons. The average Bonchev–Trinajstić information content (AvgIpc) is 2.28. The van der Waals surface area contributed by atoms with Crippen LogP contribution in [0, 0.1) is 5.92 Å². The van der Waals surface area contributed by atoms with Crippen LogP contribution in [0.2, 0.25) is 5.02 Å². The zero-order chi connectivity index (χ0) is 13.3. The predicted octanol–water partition coefficient (Wildman–Crippen LogP) is 3.11. The minimum Gasteiger partial charge on any atom is -0.391 e. The molecular formula is C15H22ClNO. The van der Waals surface area contributed by atoms with E-state index in [1.807, 2.05) is 26.0 Å². The molecule has 0 spiro atoms. The van der Waals surface area contributed by atoms with Crippen molar-refractivity contribution in [3.8, 4) is 0 Å². The van der Waals surface area contributed by atoms with Crippen LogP contribution in [-0.4, -0.2) is 17.3 Å². The van der Waals surface area contributed by atoms with Crippen LogP contribution in [0.3, 0.4) is 0 Å². The van der Waals surface area contributed by atoms with Gasteiger partial charge in [-0.25, -0.2) is 0 Å². The van der Waals surface area contributed by atoms with Crippen LogP contribution >= 0.6 is 11.6 Å². The van der Waals surface area contributed by atoms with Crippen LogP contribution in [0.15, 0.2) is 24.3 Å². The summed E-state index contributed by atoms with van der Waals surface area (Å²) < 4.78 is 0. The molecule has 3 N–H and O–H groups in total. The molecule has 0 aromatic heterocycles. The third-order valence-corrected chi connectivity index (χ3v) is 4.61. The topological polar surface area (TPSA) is 46.2 Å². The molecule has 1 aromatic rings. The fourth-order valence-corrected chi connectivity index (χ4v) is 3.02. The summed E-state index contributed by atoms with van der Waals surface area (Å²) in [4.78, 5) is 0. The standard InChI is InChI=1S/C15H22ClNO/c1-10(2)13(18)14(17)15(8-3-9-15)11-4-6-12(16)7-5-11/h4-7,10,13-14,18H,3,8-9,17H2,1-2H3/t13-,14-/m0/s1. The van der Waals surface area contributed by atoms with Gasteiger partial charge in [0.25, 0.3) is 0 Å². The maximum absolute atomic E-state index is 10.3. The third kappa shape index (κ3) is 2.29. The highest BCUT2D eigenvalue weighted by atomic mass is 35.5. The SMILES string of the molecule is CC(C)[C@H](O)[C@H](N)C1(c2ccc(Cl)cc2)CCC1. The zero-order valence-electron chi connectivity index (χ0n) is 11.1. The van der Waals surface area contributed by atoms with Crippen molar-refractivity contribution in [2.24, 2.45) is 11.7 Å². The van der Waals surface area contributed by atoms with Gasteiger partial charge in [-0.1, -0.05) is 44.0 Å². The minimum absolute atomic E-state index is 0.0612. The van der Waals surface area contributed by atoms with Crippen LogP contribution in [0.1, 0.15) is 38.7 Å². The van der Waals surface area contributed by atoms with Gasteiger partial charge >= 0.3 is 0 Å². The summed E-state index contributed by atoms with van der Waals surface area (Å²) in [6, 6.07) is 7.71. The smallest absolute Gasteiger partial charge is 0.0722 e. The molecule has 0 aliphatic heterocycles. The number of aliphatic hydroxyl groups is 1. The minimum atomic E-state index is -0.457. The second kappa shape index (κ2) is 5.20. The molecule has 1 aliphatic carbocycles. The van der Waals surface area contributed by atoms with Crippen LogP contribution in [0.4, 0.5) is 0 Å². The molecule has 0 saturated heterocycles. The largest absolute Gasteiger partial charge is 0.391 e. The Morgan fingerprint density at radius 1 is 1.22 bits per heavy atom. The molecule has 2 atom stereocenters. The van der Waals surface area contributed by atoms with E-state index in [4.69, 9.17) is 17.3 Å². The maximum Gasteiger partial charge on any atom is 0.0722 e.